The predicted molar refractivity (Wildman–Crippen MR) is 169 cm³/mol. The number of aliphatic hydroxyl groups excluding tert-OH is 2. The smallest absolute Gasteiger partial charge is 0.251 e. The van der Waals surface area contributed by atoms with E-state index in [1.54, 1.807) is 26.0 Å². The summed E-state index contributed by atoms with van der Waals surface area (Å²) in [5, 5.41) is 29.9. The fourth-order valence-electron chi connectivity index (χ4n) is 4.60. The molecule has 0 saturated carbocycles. The Kier molecular flexibility index (Phi) is 13.8. The SMILES string of the molecule is CCNC(=O)c1ccccc1-c1ccc(CNC(=O)[C@@H](COCc2c(F)cccc2F)NC(=O)CC(C)(C)NC[C@H](O)CO)cc1. The first kappa shape index (κ1) is 36.2. The van der Waals surface area contributed by atoms with E-state index in [4.69, 9.17) is 9.84 Å². The maximum absolute atomic E-state index is 14.1. The van der Waals surface area contributed by atoms with Crippen LogP contribution in [0.3, 0.4) is 0 Å². The molecule has 2 atom stereocenters. The third kappa shape index (κ3) is 11.0. The van der Waals surface area contributed by atoms with Gasteiger partial charge in [-0.3, -0.25) is 14.4 Å². The van der Waals surface area contributed by atoms with Gasteiger partial charge in [0, 0.05) is 42.7 Å². The van der Waals surface area contributed by atoms with Gasteiger partial charge in [-0.2, -0.15) is 0 Å². The van der Waals surface area contributed by atoms with Crippen molar-refractivity contribution >= 4 is 17.7 Å². The Morgan fingerprint density at radius 3 is 2.26 bits per heavy atom. The van der Waals surface area contributed by atoms with Crippen LogP contribution in [-0.2, 0) is 27.5 Å². The number of aliphatic hydroxyl groups is 2. The largest absolute Gasteiger partial charge is 0.394 e. The van der Waals surface area contributed by atoms with Crippen molar-refractivity contribution in [1.82, 2.24) is 21.3 Å². The lowest BCUT2D eigenvalue weighted by atomic mass is 9.98. The molecule has 0 unspecified atom stereocenters. The summed E-state index contributed by atoms with van der Waals surface area (Å²) in [6.45, 7) is 4.70. The summed E-state index contributed by atoms with van der Waals surface area (Å²) >= 11 is 0. The van der Waals surface area contributed by atoms with E-state index in [1.165, 1.54) is 6.07 Å². The summed E-state index contributed by atoms with van der Waals surface area (Å²) in [7, 11) is 0. The third-order valence-corrected chi connectivity index (χ3v) is 7.11. The number of amides is 3. The molecule has 0 aliphatic rings. The topological polar surface area (TPSA) is 149 Å². The van der Waals surface area contributed by atoms with Gasteiger partial charge in [0.2, 0.25) is 11.8 Å². The molecule has 3 amide bonds. The number of halogens is 2. The van der Waals surface area contributed by atoms with Crippen LogP contribution in [-0.4, -0.2) is 71.9 Å². The molecule has 3 rings (SSSR count). The second-order valence-corrected chi connectivity index (χ2v) is 11.4. The molecule has 3 aromatic carbocycles. The zero-order valence-electron chi connectivity index (χ0n) is 26.2. The molecule has 3 aromatic rings. The van der Waals surface area contributed by atoms with E-state index in [-0.39, 0.29) is 37.6 Å². The Hall–Kier alpha value is -4.23. The lowest BCUT2D eigenvalue weighted by Gasteiger charge is -2.28. The van der Waals surface area contributed by atoms with Crippen molar-refractivity contribution in [2.45, 2.75) is 58.0 Å². The van der Waals surface area contributed by atoms with E-state index in [1.807, 2.05) is 43.3 Å². The van der Waals surface area contributed by atoms with Crippen LogP contribution in [0.5, 0.6) is 0 Å². The molecule has 0 heterocycles. The second kappa shape index (κ2) is 17.5. The van der Waals surface area contributed by atoms with Crippen LogP contribution in [0.15, 0.2) is 66.7 Å². The first-order chi connectivity index (χ1) is 21.9. The average molecular weight is 641 g/mol. The van der Waals surface area contributed by atoms with Crippen LogP contribution in [0, 0.1) is 11.6 Å². The summed E-state index contributed by atoms with van der Waals surface area (Å²) in [6, 6.07) is 16.8. The van der Waals surface area contributed by atoms with Crippen molar-refractivity contribution in [3.63, 3.8) is 0 Å². The lowest BCUT2D eigenvalue weighted by molar-refractivity contribution is -0.131. The summed E-state index contributed by atoms with van der Waals surface area (Å²) < 4.78 is 33.7. The molecule has 12 heteroatoms. The van der Waals surface area contributed by atoms with E-state index < -0.39 is 54.3 Å². The van der Waals surface area contributed by atoms with E-state index in [0.717, 1.165) is 28.8 Å². The highest BCUT2D eigenvalue weighted by Crippen LogP contribution is 2.24. The Morgan fingerprint density at radius 1 is 0.935 bits per heavy atom. The summed E-state index contributed by atoms with van der Waals surface area (Å²) in [4.78, 5) is 38.7. The summed E-state index contributed by atoms with van der Waals surface area (Å²) in [6.07, 6.45) is -1.09. The number of β-amino-alcohol motifs (C(OH)–C–C–N with tert-alkyl or cyclic N) is 1. The molecule has 6 N–H and O–H groups in total. The number of ether oxygens (including phenoxy) is 1. The quantitative estimate of drug-likeness (QED) is 0.133. The average Bonchev–Trinajstić information content (AvgIpc) is 3.03. The van der Waals surface area contributed by atoms with Gasteiger partial charge in [0.05, 0.1) is 25.9 Å². The second-order valence-electron chi connectivity index (χ2n) is 11.4. The molecule has 10 nitrogen and oxygen atoms in total. The van der Waals surface area contributed by atoms with Crippen molar-refractivity contribution in [1.29, 1.82) is 0 Å². The van der Waals surface area contributed by atoms with Crippen molar-refractivity contribution in [2.75, 3.05) is 26.3 Å². The van der Waals surface area contributed by atoms with Crippen molar-refractivity contribution in [3.05, 3.63) is 95.1 Å². The van der Waals surface area contributed by atoms with Gasteiger partial charge < -0.3 is 36.2 Å². The number of hydrogen-bond donors (Lipinski definition) is 6. The van der Waals surface area contributed by atoms with Gasteiger partial charge in [-0.1, -0.05) is 48.5 Å². The lowest BCUT2D eigenvalue weighted by Crippen LogP contribution is -2.52. The van der Waals surface area contributed by atoms with Gasteiger partial charge in [0.15, 0.2) is 0 Å². The van der Waals surface area contributed by atoms with Crippen LogP contribution in [0.4, 0.5) is 8.78 Å². The number of rotatable bonds is 17. The molecule has 0 aromatic heterocycles. The molecule has 0 bridgehead atoms. The van der Waals surface area contributed by atoms with E-state index in [9.17, 15) is 28.3 Å². The highest BCUT2D eigenvalue weighted by atomic mass is 19.1. The number of nitrogens with one attached hydrogen (secondary N) is 4. The molecule has 0 spiro atoms. The molecule has 0 aliphatic heterocycles. The Balaban J connectivity index is 1.68. The molecular formula is C34H42F2N4O6. The van der Waals surface area contributed by atoms with Gasteiger partial charge >= 0.3 is 0 Å². The Labute approximate surface area is 267 Å². The van der Waals surface area contributed by atoms with E-state index >= 15 is 0 Å². The number of benzene rings is 3. The van der Waals surface area contributed by atoms with Crippen LogP contribution in [0.2, 0.25) is 0 Å². The molecular weight excluding hydrogens is 598 g/mol. The summed E-state index contributed by atoms with van der Waals surface area (Å²) in [5.41, 5.74) is 1.78. The fraction of sp³-hybridized carbons (Fsp3) is 0.382. The van der Waals surface area contributed by atoms with Gasteiger partial charge in [0.1, 0.15) is 17.7 Å². The van der Waals surface area contributed by atoms with Gasteiger partial charge in [0.25, 0.3) is 5.91 Å². The van der Waals surface area contributed by atoms with E-state index in [2.05, 4.69) is 21.3 Å². The number of carbonyl (C=O) groups is 3. The molecule has 0 radical (unpaired) electrons. The van der Waals surface area contributed by atoms with Crippen LogP contribution >= 0.6 is 0 Å². The Morgan fingerprint density at radius 2 is 1.61 bits per heavy atom. The minimum Gasteiger partial charge on any atom is -0.394 e. The molecule has 0 aliphatic carbocycles. The van der Waals surface area contributed by atoms with Crippen molar-refractivity contribution < 1.29 is 38.1 Å². The normalized spacial score (nSPS) is 12.7. The highest BCUT2D eigenvalue weighted by molar-refractivity contribution is 6.00. The van der Waals surface area contributed by atoms with Crippen LogP contribution < -0.4 is 21.3 Å². The first-order valence-corrected chi connectivity index (χ1v) is 15.0. The zero-order chi connectivity index (χ0) is 33.7. The Bertz CT molecular complexity index is 1450. The van der Waals surface area contributed by atoms with Crippen molar-refractivity contribution in [3.8, 4) is 11.1 Å². The molecule has 0 fully saturated rings. The maximum atomic E-state index is 14.1. The number of hydrogen-bond acceptors (Lipinski definition) is 7. The van der Waals surface area contributed by atoms with E-state index in [0.29, 0.717) is 12.1 Å². The van der Waals surface area contributed by atoms with Crippen LogP contribution in [0.1, 0.15) is 48.7 Å². The van der Waals surface area contributed by atoms with Gasteiger partial charge in [-0.25, -0.2) is 8.78 Å². The molecule has 248 valence electrons. The van der Waals surface area contributed by atoms with Crippen LogP contribution in [0.25, 0.3) is 11.1 Å². The highest BCUT2D eigenvalue weighted by Gasteiger charge is 2.27. The van der Waals surface area contributed by atoms with Gasteiger partial charge in [-0.05, 0) is 55.7 Å². The predicted octanol–water partition coefficient (Wildman–Crippen LogP) is 2.81. The fourth-order valence-corrected chi connectivity index (χ4v) is 4.60. The molecule has 46 heavy (non-hydrogen) atoms. The summed E-state index contributed by atoms with van der Waals surface area (Å²) in [5.74, 6) is -2.84. The van der Waals surface area contributed by atoms with Gasteiger partial charge in [-0.15, -0.1) is 0 Å². The minimum absolute atomic E-state index is 0.0499. The standard InChI is InChI=1S/C34H42F2N4O6/c1-4-37-32(44)26-9-6-5-8-25(26)23-14-12-22(13-15-23)17-38-33(45)30(21-46-20-27-28(35)10-7-11-29(27)36)40-31(43)16-34(2,3)39-18-24(42)19-41/h5-15,24,30,39,41-42H,4,16-21H2,1-3H3,(H,37,44)(H,38,45)(H,40,43)/t24-,30+/m0/s1. The first-order valence-electron chi connectivity index (χ1n) is 15.0. The monoisotopic (exact) mass is 640 g/mol. The number of carbonyl (C=O) groups excluding carboxylic acids is 3. The molecule has 0 saturated heterocycles. The maximum Gasteiger partial charge on any atom is 0.251 e. The third-order valence-electron chi connectivity index (χ3n) is 7.11. The van der Waals surface area contributed by atoms with Crippen molar-refractivity contribution in [2.24, 2.45) is 0 Å². The minimum atomic E-state index is -1.19. The zero-order valence-corrected chi connectivity index (χ0v) is 26.2.